The van der Waals surface area contributed by atoms with Gasteiger partial charge in [-0.05, 0) is 52.3 Å². The van der Waals surface area contributed by atoms with Crippen molar-refractivity contribution in [1.82, 2.24) is 0 Å². The van der Waals surface area contributed by atoms with Crippen molar-refractivity contribution in [2.75, 3.05) is 0 Å². The molecule has 0 atom stereocenters. The normalized spacial score (nSPS) is 14.6. The minimum absolute atomic E-state index is 0.911. The highest BCUT2D eigenvalue weighted by molar-refractivity contribution is 9.10. The van der Waals surface area contributed by atoms with Crippen molar-refractivity contribution < 1.29 is 5.11 Å². The first kappa shape index (κ1) is 18.4. The van der Waals surface area contributed by atoms with Gasteiger partial charge in [0, 0.05) is 10.0 Å². The van der Waals surface area contributed by atoms with Crippen LogP contribution in [0.4, 0.5) is 0 Å². The first-order valence-electron chi connectivity index (χ1n) is 9.93. The van der Waals surface area contributed by atoms with Crippen LogP contribution in [-0.4, -0.2) is 5.11 Å². The summed E-state index contributed by atoms with van der Waals surface area (Å²) < 4.78 is 1.02. The molecule has 0 aliphatic heterocycles. The van der Waals surface area contributed by atoms with Crippen LogP contribution in [0.15, 0.2) is 102 Å². The predicted octanol–water partition coefficient (Wildman–Crippen LogP) is 6.50. The first-order valence-corrected chi connectivity index (χ1v) is 10.7. The van der Waals surface area contributed by atoms with Gasteiger partial charge < -0.3 is 5.11 Å². The van der Waals surface area contributed by atoms with Crippen molar-refractivity contribution in [2.24, 2.45) is 0 Å². The molecule has 4 aromatic rings. The van der Waals surface area contributed by atoms with Crippen LogP contribution < -0.4 is 0 Å². The van der Waals surface area contributed by atoms with Gasteiger partial charge in [-0.2, -0.15) is 0 Å². The molecule has 0 saturated carbocycles. The van der Waals surface area contributed by atoms with Crippen LogP contribution in [0.2, 0.25) is 0 Å². The topological polar surface area (TPSA) is 20.2 Å². The van der Waals surface area contributed by atoms with Crippen molar-refractivity contribution in [3.63, 3.8) is 0 Å². The van der Waals surface area contributed by atoms with E-state index in [2.05, 4.69) is 70.5 Å². The lowest BCUT2D eigenvalue weighted by Crippen LogP contribution is -2.31. The molecule has 0 fully saturated rings. The summed E-state index contributed by atoms with van der Waals surface area (Å²) in [4.78, 5) is 0. The lowest BCUT2D eigenvalue weighted by atomic mass is 9.75. The molecule has 4 aromatic carbocycles. The van der Waals surface area contributed by atoms with Crippen LogP contribution in [0.25, 0.3) is 11.1 Å². The maximum Gasteiger partial charge on any atom is 0.141 e. The van der Waals surface area contributed by atoms with Crippen molar-refractivity contribution in [2.45, 2.75) is 18.4 Å². The molecule has 2 heteroatoms. The Morgan fingerprint density at radius 2 is 1.00 bits per heavy atom. The Morgan fingerprint density at radius 1 is 0.552 bits per heavy atom. The zero-order chi connectivity index (χ0) is 19.8. The Balaban J connectivity index is 1.87. The fraction of sp³-hybridized carbons (Fsp3) is 0.111. The van der Waals surface area contributed by atoms with Crippen LogP contribution in [-0.2, 0) is 18.4 Å². The van der Waals surface area contributed by atoms with E-state index in [1.54, 1.807) is 0 Å². The summed E-state index contributed by atoms with van der Waals surface area (Å²) in [5, 5.41) is 12.5. The van der Waals surface area contributed by atoms with Crippen molar-refractivity contribution in [3.05, 3.63) is 129 Å². The number of aliphatic hydroxyl groups is 1. The summed E-state index contributed by atoms with van der Waals surface area (Å²) in [5.41, 5.74) is 6.17. The van der Waals surface area contributed by atoms with E-state index in [-0.39, 0.29) is 0 Å². The SMILES string of the molecule is OC1(c2ccccc2-c2ccccc2Br)c2ccccc2CCc2ccccc21. The van der Waals surface area contributed by atoms with Gasteiger partial charge >= 0.3 is 0 Å². The third-order valence-corrected chi connectivity index (χ3v) is 6.65. The lowest BCUT2D eigenvalue weighted by molar-refractivity contribution is 0.125. The molecule has 142 valence electrons. The minimum Gasteiger partial charge on any atom is -0.376 e. The van der Waals surface area contributed by atoms with Crippen LogP contribution in [0.5, 0.6) is 0 Å². The molecule has 1 aliphatic rings. The Morgan fingerprint density at radius 3 is 1.59 bits per heavy atom. The molecule has 1 N–H and O–H groups in total. The standard InChI is InChI=1S/C27H21BrO/c28-26-16-8-4-12-22(26)21-11-3-7-15-25(21)27(29)23-13-5-1-9-19(23)17-18-20-10-2-6-14-24(20)27/h1-16,29H,17-18H2. The number of fused-ring (bicyclic) bond motifs is 2. The van der Waals surface area contributed by atoms with Crippen LogP contribution in [0.3, 0.4) is 0 Å². The van der Waals surface area contributed by atoms with Gasteiger partial charge in [0.2, 0.25) is 0 Å². The van der Waals surface area contributed by atoms with Gasteiger partial charge in [-0.25, -0.2) is 0 Å². The number of aryl methyl sites for hydroxylation is 2. The number of rotatable bonds is 2. The summed E-state index contributed by atoms with van der Waals surface area (Å²) in [7, 11) is 0. The quantitative estimate of drug-likeness (QED) is 0.377. The van der Waals surface area contributed by atoms with Gasteiger partial charge in [0.1, 0.15) is 5.60 Å². The number of hydrogen-bond donors (Lipinski definition) is 1. The van der Waals surface area contributed by atoms with Gasteiger partial charge in [0.05, 0.1) is 0 Å². The first-order chi connectivity index (χ1) is 14.2. The molecule has 0 radical (unpaired) electrons. The second kappa shape index (κ2) is 7.29. The van der Waals surface area contributed by atoms with E-state index < -0.39 is 5.60 Å². The number of halogens is 1. The summed E-state index contributed by atoms with van der Waals surface area (Å²) in [5.74, 6) is 0. The molecule has 1 aliphatic carbocycles. The summed E-state index contributed by atoms with van der Waals surface area (Å²) in [6, 6.07) is 33.0. The van der Waals surface area contributed by atoms with E-state index in [4.69, 9.17) is 0 Å². The highest BCUT2D eigenvalue weighted by Gasteiger charge is 2.40. The second-order valence-electron chi connectivity index (χ2n) is 7.55. The average molecular weight is 441 g/mol. The fourth-order valence-electron chi connectivity index (χ4n) is 4.60. The summed E-state index contributed by atoms with van der Waals surface area (Å²) in [6.45, 7) is 0. The molecule has 29 heavy (non-hydrogen) atoms. The smallest absolute Gasteiger partial charge is 0.141 e. The van der Waals surface area contributed by atoms with Crippen molar-refractivity contribution >= 4 is 15.9 Å². The molecule has 0 unspecified atom stereocenters. The van der Waals surface area contributed by atoms with E-state index in [0.717, 1.165) is 45.1 Å². The monoisotopic (exact) mass is 440 g/mol. The number of hydrogen-bond acceptors (Lipinski definition) is 1. The van der Waals surface area contributed by atoms with E-state index in [9.17, 15) is 5.11 Å². The largest absolute Gasteiger partial charge is 0.376 e. The van der Waals surface area contributed by atoms with E-state index in [0.29, 0.717) is 0 Å². The van der Waals surface area contributed by atoms with Crippen LogP contribution >= 0.6 is 15.9 Å². The fourth-order valence-corrected chi connectivity index (χ4v) is 5.10. The van der Waals surface area contributed by atoms with Gasteiger partial charge in [0.25, 0.3) is 0 Å². The van der Waals surface area contributed by atoms with Crippen LogP contribution in [0.1, 0.15) is 27.8 Å². The maximum atomic E-state index is 12.5. The zero-order valence-corrected chi connectivity index (χ0v) is 17.6. The average Bonchev–Trinajstić information content (AvgIpc) is 2.90. The molecule has 0 aromatic heterocycles. The molecule has 0 saturated heterocycles. The van der Waals surface area contributed by atoms with Crippen molar-refractivity contribution in [1.29, 1.82) is 0 Å². The van der Waals surface area contributed by atoms with Gasteiger partial charge in [-0.15, -0.1) is 0 Å². The molecular formula is C27H21BrO. The zero-order valence-electron chi connectivity index (χ0n) is 16.0. The highest BCUT2D eigenvalue weighted by Crippen LogP contribution is 2.46. The Kier molecular flexibility index (Phi) is 4.61. The highest BCUT2D eigenvalue weighted by atomic mass is 79.9. The van der Waals surface area contributed by atoms with E-state index in [1.165, 1.54) is 11.1 Å². The van der Waals surface area contributed by atoms with Gasteiger partial charge in [-0.1, -0.05) is 107 Å². The Labute approximate surface area is 179 Å². The predicted molar refractivity (Wildman–Crippen MR) is 122 cm³/mol. The van der Waals surface area contributed by atoms with Gasteiger partial charge in [0.15, 0.2) is 0 Å². The van der Waals surface area contributed by atoms with Crippen LogP contribution in [0, 0.1) is 0 Å². The lowest BCUT2D eigenvalue weighted by Gasteiger charge is -2.33. The Hall–Kier alpha value is -2.68. The molecule has 0 spiro atoms. The second-order valence-corrected chi connectivity index (χ2v) is 8.40. The third-order valence-electron chi connectivity index (χ3n) is 5.96. The Bertz CT molecular complexity index is 1150. The van der Waals surface area contributed by atoms with Gasteiger partial charge in [-0.3, -0.25) is 0 Å². The molecule has 0 amide bonds. The maximum absolute atomic E-state index is 12.5. The molecule has 1 nitrogen and oxygen atoms in total. The van der Waals surface area contributed by atoms with Crippen molar-refractivity contribution in [3.8, 4) is 11.1 Å². The molecule has 0 bridgehead atoms. The third kappa shape index (κ3) is 2.95. The summed E-state index contributed by atoms with van der Waals surface area (Å²) >= 11 is 3.71. The molecule has 5 rings (SSSR count). The molecular weight excluding hydrogens is 420 g/mol. The minimum atomic E-state index is -1.21. The van der Waals surface area contributed by atoms with E-state index in [1.807, 2.05) is 42.5 Å². The molecule has 0 heterocycles. The number of benzene rings is 4. The summed E-state index contributed by atoms with van der Waals surface area (Å²) in [6.07, 6.45) is 1.85. The van der Waals surface area contributed by atoms with E-state index >= 15 is 0 Å².